The number of aromatic nitrogens is 4. The summed E-state index contributed by atoms with van der Waals surface area (Å²) < 4.78 is 10.5. The van der Waals surface area contributed by atoms with Gasteiger partial charge in [0, 0.05) is 29.9 Å². The van der Waals surface area contributed by atoms with Crippen LogP contribution in [-0.2, 0) is 14.3 Å². The van der Waals surface area contributed by atoms with Gasteiger partial charge in [0.15, 0.2) is 0 Å². The minimum atomic E-state index is -0.696. The summed E-state index contributed by atoms with van der Waals surface area (Å²) in [5.74, 6) is 1.89. The van der Waals surface area contributed by atoms with E-state index < -0.39 is 12.1 Å². The molecule has 6 aromatic rings. The first kappa shape index (κ1) is 33.1. The lowest BCUT2D eigenvalue weighted by molar-refractivity contribution is -0.135. The van der Waals surface area contributed by atoms with Crippen LogP contribution in [-0.4, -0.2) is 69.7 Å². The zero-order valence-electron chi connectivity index (χ0n) is 30.2. The standard InChI is InChI=1S/C43H43N7O4/c1-53-43(52)49-37(24-14-17-54-18-15-24)42(51)50-32-11-8-31(22-32)39(50)41-45-23-36(47-41)30-7-6-26-19-25(4-5-27(26)21-30)28-9-12-33-29(20-28)10-13-34-38(33)48-40(46-34)35-3-2-16-44-35/h4-7,9-13,19-21,23-24,31,35,37,39,44H,2-3,8,14-18,22H2,1H3,(H,45,47)(H,46,48)(H,49,52)/t31-,35-,37-,39-/m0/s1. The fraction of sp³-hybridized carbons (Fsp3) is 0.349. The molecule has 54 heavy (non-hydrogen) atoms. The summed E-state index contributed by atoms with van der Waals surface area (Å²) in [6.07, 6.45) is 8.83. The first-order valence-corrected chi connectivity index (χ1v) is 19.2. The van der Waals surface area contributed by atoms with Crippen LogP contribution in [0.15, 0.2) is 84.7 Å². The van der Waals surface area contributed by atoms with Gasteiger partial charge in [0.2, 0.25) is 5.91 Å². The molecule has 274 valence electrons. The van der Waals surface area contributed by atoms with Gasteiger partial charge in [-0.1, -0.05) is 48.5 Å². The average Bonchev–Trinajstić information content (AvgIpc) is 4.07. The normalized spacial score (nSPS) is 22.0. The van der Waals surface area contributed by atoms with E-state index in [1.54, 1.807) is 0 Å². The van der Waals surface area contributed by atoms with Crippen molar-refractivity contribution in [3.05, 3.63) is 96.3 Å². The van der Waals surface area contributed by atoms with Gasteiger partial charge < -0.3 is 35.0 Å². The van der Waals surface area contributed by atoms with Crippen molar-refractivity contribution in [2.24, 2.45) is 11.8 Å². The number of amides is 2. The number of hydrogen-bond donors (Lipinski definition) is 4. The SMILES string of the molecule is COC(=O)N[C@H](C(=O)N1C2=CC[C@@H](C2)[C@H]1c1ncc(-c2ccc3cc(-c4ccc5c(ccc6[nH]c([C@@H]7CCCN7)nc65)c4)ccc3c2)[nH]1)C1CCOCC1. The zero-order valence-corrected chi connectivity index (χ0v) is 30.2. The van der Waals surface area contributed by atoms with Crippen molar-refractivity contribution in [1.82, 2.24) is 35.5 Å². The highest BCUT2D eigenvalue weighted by Crippen LogP contribution is 2.50. The fourth-order valence-corrected chi connectivity index (χ4v) is 9.25. The van der Waals surface area contributed by atoms with Crippen molar-refractivity contribution >= 4 is 44.6 Å². The molecule has 4 N–H and O–H groups in total. The predicted molar refractivity (Wildman–Crippen MR) is 207 cm³/mol. The Kier molecular flexibility index (Phi) is 8.21. The van der Waals surface area contributed by atoms with E-state index in [0.29, 0.717) is 32.1 Å². The van der Waals surface area contributed by atoms with Crippen LogP contribution < -0.4 is 10.6 Å². The molecule has 0 unspecified atom stereocenters. The first-order chi connectivity index (χ1) is 26.5. The number of allylic oxidation sites excluding steroid dienone is 2. The fourth-order valence-electron chi connectivity index (χ4n) is 9.25. The Bertz CT molecular complexity index is 2450. The summed E-state index contributed by atoms with van der Waals surface area (Å²) in [5.41, 5.74) is 7.38. The smallest absolute Gasteiger partial charge is 0.407 e. The number of nitrogens with one attached hydrogen (secondary N) is 4. The third-order valence-corrected chi connectivity index (χ3v) is 12.1. The number of carbonyl (C=O) groups excluding carboxylic acids is 2. The molecule has 3 saturated heterocycles. The van der Waals surface area contributed by atoms with Crippen LogP contribution in [0.5, 0.6) is 0 Å². The van der Waals surface area contributed by atoms with E-state index >= 15 is 0 Å². The molecular formula is C43H43N7O4. The van der Waals surface area contributed by atoms with Gasteiger partial charge in [-0.15, -0.1) is 0 Å². The molecule has 0 spiro atoms. The number of aromatic amines is 2. The Morgan fingerprint density at radius 3 is 2.46 bits per heavy atom. The average molecular weight is 722 g/mol. The van der Waals surface area contributed by atoms with Crippen LogP contribution in [0.2, 0.25) is 0 Å². The van der Waals surface area contributed by atoms with Gasteiger partial charge in [-0.2, -0.15) is 0 Å². The van der Waals surface area contributed by atoms with Crippen molar-refractivity contribution in [2.45, 2.75) is 56.7 Å². The molecule has 2 bridgehead atoms. The number of alkyl carbamates (subject to hydrolysis) is 1. The number of methoxy groups -OCH3 is 1. The molecule has 10 rings (SSSR count). The summed E-state index contributed by atoms with van der Waals surface area (Å²) in [4.78, 5) is 45.6. The van der Waals surface area contributed by atoms with E-state index in [1.807, 2.05) is 11.1 Å². The largest absolute Gasteiger partial charge is 0.453 e. The molecule has 4 aliphatic rings. The number of likely N-dealkylation sites (tertiary alicyclic amines) is 1. The molecule has 3 aliphatic heterocycles. The summed E-state index contributed by atoms with van der Waals surface area (Å²) >= 11 is 0. The second kappa shape index (κ2) is 13.4. The monoisotopic (exact) mass is 721 g/mol. The van der Waals surface area contributed by atoms with E-state index in [0.717, 1.165) is 87.2 Å². The molecule has 4 aromatic carbocycles. The summed E-state index contributed by atoms with van der Waals surface area (Å²) in [6.45, 7) is 2.18. The lowest BCUT2D eigenvalue weighted by Gasteiger charge is -2.36. The maximum atomic E-state index is 14.3. The van der Waals surface area contributed by atoms with E-state index in [1.165, 1.54) is 24.5 Å². The lowest BCUT2D eigenvalue weighted by Crippen LogP contribution is -2.53. The maximum absolute atomic E-state index is 14.3. The van der Waals surface area contributed by atoms with Crippen LogP contribution in [0.4, 0.5) is 4.79 Å². The summed E-state index contributed by atoms with van der Waals surface area (Å²) in [6, 6.07) is 23.5. The zero-order chi connectivity index (χ0) is 36.3. The third-order valence-electron chi connectivity index (χ3n) is 12.1. The number of carbonyl (C=O) groups is 2. The van der Waals surface area contributed by atoms with Crippen LogP contribution in [0.25, 0.3) is 55.0 Å². The van der Waals surface area contributed by atoms with Crippen LogP contribution in [0.3, 0.4) is 0 Å². The third kappa shape index (κ3) is 5.73. The quantitative estimate of drug-likeness (QED) is 0.133. The number of ether oxygens (including phenoxy) is 2. The Morgan fingerprint density at radius 2 is 1.67 bits per heavy atom. The minimum Gasteiger partial charge on any atom is -0.453 e. The van der Waals surface area contributed by atoms with Gasteiger partial charge in [0.05, 0.1) is 42.1 Å². The molecule has 5 heterocycles. The van der Waals surface area contributed by atoms with Gasteiger partial charge >= 0.3 is 6.09 Å². The van der Waals surface area contributed by atoms with Crippen LogP contribution >= 0.6 is 0 Å². The van der Waals surface area contributed by atoms with Gasteiger partial charge in [-0.05, 0) is 108 Å². The van der Waals surface area contributed by atoms with Crippen molar-refractivity contribution in [3.8, 4) is 22.4 Å². The number of fused-ring (bicyclic) bond motifs is 6. The first-order valence-electron chi connectivity index (χ1n) is 19.2. The van der Waals surface area contributed by atoms with Crippen LogP contribution in [0, 0.1) is 11.8 Å². The van der Waals surface area contributed by atoms with Gasteiger partial charge in [0.1, 0.15) is 17.7 Å². The van der Waals surface area contributed by atoms with Gasteiger partial charge in [-0.3, -0.25) is 4.79 Å². The predicted octanol–water partition coefficient (Wildman–Crippen LogP) is 7.68. The van der Waals surface area contributed by atoms with E-state index in [9.17, 15) is 9.59 Å². The Labute approximate surface area is 312 Å². The van der Waals surface area contributed by atoms with E-state index in [-0.39, 0.29) is 23.8 Å². The summed E-state index contributed by atoms with van der Waals surface area (Å²) in [7, 11) is 1.33. The van der Waals surface area contributed by atoms with Crippen molar-refractivity contribution in [2.75, 3.05) is 26.9 Å². The van der Waals surface area contributed by atoms with Crippen molar-refractivity contribution in [3.63, 3.8) is 0 Å². The molecule has 0 saturated carbocycles. The number of benzene rings is 4. The van der Waals surface area contributed by atoms with Gasteiger partial charge in [0.25, 0.3) is 0 Å². The minimum absolute atomic E-state index is 0.0300. The number of nitrogens with zero attached hydrogens (tertiary/aromatic N) is 3. The lowest BCUT2D eigenvalue weighted by atomic mass is 9.90. The van der Waals surface area contributed by atoms with E-state index in [4.69, 9.17) is 19.4 Å². The maximum Gasteiger partial charge on any atom is 0.407 e. The van der Waals surface area contributed by atoms with E-state index in [2.05, 4.69) is 93.4 Å². The molecule has 3 fully saturated rings. The Morgan fingerprint density at radius 1 is 0.907 bits per heavy atom. The molecule has 2 amide bonds. The highest BCUT2D eigenvalue weighted by Gasteiger charge is 2.48. The van der Waals surface area contributed by atoms with Gasteiger partial charge in [-0.25, -0.2) is 14.8 Å². The molecule has 11 heteroatoms. The highest BCUT2D eigenvalue weighted by atomic mass is 16.5. The van der Waals surface area contributed by atoms with Crippen LogP contribution in [0.1, 0.15) is 62.3 Å². The molecule has 2 aromatic heterocycles. The number of rotatable bonds is 7. The summed E-state index contributed by atoms with van der Waals surface area (Å²) in [5, 5.41) is 11.0. The second-order valence-electron chi connectivity index (χ2n) is 15.2. The van der Waals surface area contributed by atoms with Crippen molar-refractivity contribution in [1.29, 1.82) is 0 Å². The Hall–Kier alpha value is -5.52. The number of H-pyrrole nitrogens is 2. The molecule has 4 atom stereocenters. The molecule has 1 aliphatic carbocycles. The number of hydrogen-bond acceptors (Lipinski definition) is 7. The number of imidazole rings is 2. The van der Waals surface area contributed by atoms with Crippen molar-refractivity contribution < 1.29 is 19.1 Å². The molecule has 11 nitrogen and oxygen atoms in total. The second-order valence-corrected chi connectivity index (χ2v) is 15.2. The molecule has 0 radical (unpaired) electrons. The molecular weight excluding hydrogens is 679 g/mol. The Balaban J connectivity index is 0.905. The topological polar surface area (TPSA) is 137 Å². The highest BCUT2D eigenvalue weighted by molar-refractivity contribution is 6.05.